The summed E-state index contributed by atoms with van der Waals surface area (Å²) in [7, 11) is 0. The number of hydrogen-bond donors (Lipinski definition) is 1. The van der Waals surface area contributed by atoms with Crippen LogP contribution < -0.4 is 5.73 Å². The zero-order valence-electron chi connectivity index (χ0n) is 6.95. The Balaban J connectivity index is 2.58. The number of thiophene rings is 1. The molecular weight excluding hydrogens is 220 g/mol. The summed E-state index contributed by atoms with van der Waals surface area (Å²) in [5, 5.41) is 8.84. The zero-order valence-corrected chi connectivity index (χ0v) is 8.52. The van der Waals surface area contributed by atoms with E-state index in [0.717, 1.165) is 4.88 Å². The lowest BCUT2D eigenvalue weighted by atomic mass is 10.2. The van der Waals surface area contributed by atoms with E-state index in [1.807, 2.05) is 12.1 Å². The van der Waals surface area contributed by atoms with Gasteiger partial charge in [-0.05, 0) is 12.1 Å². The predicted octanol–water partition coefficient (Wildman–Crippen LogP) is 3.12. The molecule has 0 atom stereocenters. The smallest absolute Gasteiger partial charge is 0.208 e. The van der Waals surface area contributed by atoms with Crippen LogP contribution in [0.3, 0.4) is 0 Å². The van der Waals surface area contributed by atoms with Gasteiger partial charge >= 0.3 is 0 Å². The summed E-state index contributed by atoms with van der Waals surface area (Å²) in [5.41, 5.74) is 6.54. The number of nitrogens with zero attached hydrogens (tertiary/aromatic N) is 1. The molecule has 0 spiro atoms. The Bertz CT molecular complexity index is 509. The lowest BCUT2D eigenvalue weighted by Crippen LogP contribution is -1.84. The second-order valence-electron chi connectivity index (χ2n) is 2.60. The lowest BCUT2D eigenvalue weighted by molar-refractivity contribution is 0.588. The molecule has 2 rings (SSSR count). The Hall–Kier alpha value is -1.44. The van der Waals surface area contributed by atoms with Crippen molar-refractivity contribution in [3.05, 3.63) is 28.3 Å². The summed E-state index contributed by atoms with van der Waals surface area (Å²) in [6.45, 7) is 0. The van der Waals surface area contributed by atoms with E-state index in [9.17, 15) is 0 Å². The maximum absolute atomic E-state index is 8.84. The largest absolute Gasteiger partial charge is 0.447 e. The maximum atomic E-state index is 8.84. The fourth-order valence-corrected chi connectivity index (χ4v) is 2.18. The molecule has 0 fully saturated rings. The molecule has 14 heavy (non-hydrogen) atoms. The van der Waals surface area contributed by atoms with E-state index in [4.69, 9.17) is 27.0 Å². The van der Waals surface area contributed by atoms with Crippen molar-refractivity contribution >= 4 is 28.8 Å². The molecule has 0 radical (unpaired) electrons. The predicted molar refractivity (Wildman–Crippen MR) is 56.2 cm³/mol. The van der Waals surface area contributed by atoms with E-state index in [1.54, 1.807) is 6.07 Å². The monoisotopic (exact) mass is 224 g/mol. The molecule has 0 aliphatic heterocycles. The molecule has 0 saturated heterocycles. The summed E-state index contributed by atoms with van der Waals surface area (Å²) in [6, 6.07) is 5.60. The summed E-state index contributed by atoms with van der Waals surface area (Å²) in [5.74, 6) is 0.145. The number of nitrogen functional groups attached to an aromatic ring is 1. The standard InChI is InChI=1S/C9H5ClN2OS/c10-8-2-1-7(14-8)6-4-13-9(12)5(6)3-11/h1-2,4H,12H2. The second kappa shape index (κ2) is 3.37. The molecule has 2 N–H and O–H groups in total. The molecule has 2 aromatic rings. The van der Waals surface area contributed by atoms with Crippen molar-refractivity contribution in [3.63, 3.8) is 0 Å². The minimum Gasteiger partial charge on any atom is -0.447 e. The van der Waals surface area contributed by atoms with E-state index < -0.39 is 0 Å². The van der Waals surface area contributed by atoms with Crippen LogP contribution in [0, 0.1) is 11.3 Å². The SMILES string of the molecule is N#Cc1c(-c2ccc(Cl)s2)coc1N. The molecule has 0 aromatic carbocycles. The van der Waals surface area contributed by atoms with Gasteiger partial charge in [0.1, 0.15) is 17.9 Å². The second-order valence-corrected chi connectivity index (χ2v) is 4.32. The highest BCUT2D eigenvalue weighted by atomic mass is 35.5. The molecular formula is C9H5ClN2OS. The van der Waals surface area contributed by atoms with Gasteiger partial charge in [0.15, 0.2) is 0 Å². The van der Waals surface area contributed by atoms with E-state index in [-0.39, 0.29) is 5.88 Å². The van der Waals surface area contributed by atoms with Crippen molar-refractivity contribution in [1.82, 2.24) is 0 Å². The average molecular weight is 225 g/mol. The first kappa shape index (κ1) is 9.13. The van der Waals surface area contributed by atoms with Crippen molar-refractivity contribution in [3.8, 4) is 16.5 Å². The van der Waals surface area contributed by atoms with Gasteiger partial charge < -0.3 is 10.2 Å². The first-order chi connectivity index (χ1) is 6.72. The van der Waals surface area contributed by atoms with Crippen LogP contribution in [0.25, 0.3) is 10.4 Å². The fourth-order valence-electron chi connectivity index (χ4n) is 1.13. The quantitative estimate of drug-likeness (QED) is 0.810. The Kier molecular flexibility index (Phi) is 2.20. The number of furan rings is 1. The van der Waals surface area contributed by atoms with Crippen LogP contribution in [-0.2, 0) is 0 Å². The third kappa shape index (κ3) is 1.37. The van der Waals surface area contributed by atoms with Gasteiger partial charge in [0.2, 0.25) is 5.88 Å². The lowest BCUT2D eigenvalue weighted by Gasteiger charge is -1.89. The Labute approximate surface area is 89.3 Å². The molecule has 0 saturated carbocycles. The molecule has 5 heteroatoms. The Morgan fingerprint density at radius 2 is 2.29 bits per heavy atom. The van der Waals surface area contributed by atoms with Crippen LogP contribution >= 0.6 is 22.9 Å². The van der Waals surface area contributed by atoms with Crippen LogP contribution in [0.15, 0.2) is 22.8 Å². The Morgan fingerprint density at radius 1 is 1.50 bits per heavy atom. The van der Waals surface area contributed by atoms with Gasteiger partial charge in [-0.1, -0.05) is 11.6 Å². The maximum Gasteiger partial charge on any atom is 0.208 e. The van der Waals surface area contributed by atoms with Gasteiger partial charge in [-0.25, -0.2) is 0 Å². The van der Waals surface area contributed by atoms with Gasteiger partial charge in [-0.15, -0.1) is 11.3 Å². The number of rotatable bonds is 1. The third-order valence-corrected chi connectivity index (χ3v) is 3.03. The highest BCUT2D eigenvalue weighted by Gasteiger charge is 2.13. The van der Waals surface area contributed by atoms with Gasteiger partial charge in [-0.2, -0.15) is 5.26 Å². The van der Waals surface area contributed by atoms with Gasteiger partial charge in [0.25, 0.3) is 0 Å². The van der Waals surface area contributed by atoms with E-state index in [0.29, 0.717) is 15.5 Å². The summed E-state index contributed by atoms with van der Waals surface area (Å²) in [6.07, 6.45) is 1.47. The van der Waals surface area contributed by atoms with Crippen molar-refractivity contribution < 1.29 is 4.42 Å². The first-order valence-corrected chi connectivity index (χ1v) is 4.94. The fraction of sp³-hybridized carbons (Fsp3) is 0. The minimum atomic E-state index is 0.145. The average Bonchev–Trinajstić information content (AvgIpc) is 2.71. The molecule has 2 aromatic heterocycles. The highest BCUT2D eigenvalue weighted by Crippen LogP contribution is 2.35. The first-order valence-electron chi connectivity index (χ1n) is 3.75. The molecule has 0 amide bonds. The van der Waals surface area contributed by atoms with Crippen molar-refractivity contribution in [2.24, 2.45) is 0 Å². The number of anilines is 1. The topological polar surface area (TPSA) is 63.0 Å². The van der Waals surface area contributed by atoms with Crippen LogP contribution in [0.2, 0.25) is 4.34 Å². The molecule has 0 unspecified atom stereocenters. The van der Waals surface area contributed by atoms with Crippen LogP contribution in [0.5, 0.6) is 0 Å². The summed E-state index contributed by atoms with van der Waals surface area (Å²) in [4.78, 5) is 0.881. The summed E-state index contributed by atoms with van der Waals surface area (Å²) >= 11 is 7.17. The van der Waals surface area contributed by atoms with Gasteiger partial charge in [0.05, 0.1) is 9.90 Å². The molecule has 70 valence electrons. The van der Waals surface area contributed by atoms with Crippen molar-refractivity contribution in [2.45, 2.75) is 0 Å². The van der Waals surface area contributed by atoms with Crippen molar-refractivity contribution in [2.75, 3.05) is 5.73 Å². The van der Waals surface area contributed by atoms with Crippen LogP contribution in [0.4, 0.5) is 5.88 Å². The van der Waals surface area contributed by atoms with E-state index in [2.05, 4.69) is 0 Å². The number of nitriles is 1. The van der Waals surface area contributed by atoms with Crippen LogP contribution in [-0.4, -0.2) is 0 Å². The molecule has 2 heterocycles. The molecule has 0 bridgehead atoms. The normalized spacial score (nSPS) is 10.0. The van der Waals surface area contributed by atoms with Gasteiger partial charge in [-0.3, -0.25) is 0 Å². The van der Waals surface area contributed by atoms with E-state index >= 15 is 0 Å². The zero-order chi connectivity index (χ0) is 10.1. The summed E-state index contributed by atoms with van der Waals surface area (Å²) < 4.78 is 5.64. The number of nitrogens with two attached hydrogens (primary N) is 1. The molecule has 3 nitrogen and oxygen atoms in total. The Morgan fingerprint density at radius 3 is 2.86 bits per heavy atom. The van der Waals surface area contributed by atoms with E-state index in [1.165, 1.54) is 17.6 Å². The minimum absolute atomic E-state index is 0.145. The third-order valence-electron chi connectivity index (χ3n) is 1.77. The van der Waals surface area contributed by atoms with Crippen LogP contribution in [0.1, 0.15) is 5.56 Å². The highest BCUT2D eigenvalue weighted by molar-refractivity contribution is 7.19. The number of halogens is 1. The van der Waals surface area contributed by atoms with Gasteiger partial charge in [0, 0.05) is 4.88 Å². The van der Waals surface area contributed by atoms with Crippen molar-refractivity contribution in [1.29, 1.82) is 5.26 Å². The molecule has 0 aliphatic rings. The molecule has 0 aliphatic carbocycles. The number of hydrogen-bond acceptors (Lipinski definition) is 4.